The number of aryl methyl sites for hydroxylation is 1. The number of anilines is 1. The molecule has 0 radical (unpaired) electrons. The third-order valence-corrected chi connectivity index (χ3v) is 3.94. The molecule has 1 aromatic heterocycles. The summed E-state index contributed by atoms with van der Waals surface area (Å²) in [6.07, 6.45) is 0. The SMILES string of the molecule is CCNc1c(C)c(C)nc2c(-c3ccccc3)cccc12. The van der Waals surface area contributed by atoms with Crippen molar-refractivity contribution >= 4 is 16.6 Å². The molecule has 3 aromatic rings. The molecule has 0 bridgehead atoms. The number of fused-ring (bicyclic) bond motifs is 1. The van der Waals surface area contributed by atoms with Crippen molar-refractivity contribution < 1.29 is 0 Å². The van der Waals surface area contributed by atoms with E-state index in [0.717, 1.165) is 17.8 Å². The third-order valence-electron chi connectivity index (χ3n) is 3.94. The number of benzene rings is 2. The Kier molecular flexibility index (Phi) is 3.61. The summed E-state index contributed by atoms with van der Waals surface area (Å²) in [6.45, 7) is 7.25. The standard InChI is InChI=1S/C19H20N2/c1-4-20-18-13(2)14(3)21-19-16(11-8-12-17(18)19)15-9-6-5-7-10-15/h5-12H,4H2,1-3H3,(H,20,21). The molecule has 2 aromatic carbocycles. The van der Waals surface area contributed by atoms with Crippen molar-refractivity contribution in [2.75, 3.05) is 11.9 Å². The first-order chi connectivity index (χ1) is 10.2. The fraction of sp³-hybridized carbons (Fsp3) is 0.211. The van der Waals surface area contributed by atoms with Gasteiger partial charge in [-0.25, -0.2) is 0 Å². The zero-order chi connectivity index (χ0) is 14.8. The molecule has 0 fully saturated rings. The van der Waals surface area contributed by atoms with E-state index >= 15 is 0 Å². The Labute approximate surface area is 125 Å². The highest BCUT2D eigenvalue weighted by molar-refractivity contribution is 6.01. The Bertz CT molecular complexity index is 776. The molecule has 0 saturated heterocycles. The second-order valence-corrected chi connectivity index (χ2v) is 5.30. The van der Waals surface area contributed by atoms with Crippen LogP contribution in [-0.2, 0) is 0 Å². The van der Waals surface area contributed by atoms with E-state index in [4.69, 9.17) is 4.98 Å². The van der Waals surface area contributed by atoms with Crippen LogP contribution < -0.4 is 5.32 Å². The van der Waals surface area contributed by atoms with Gasteiger partial charge in [-0.3, -0.25) is 4.98 Å². The lowest BCUT2D eigenvalue weighted by atomic mass is 9.99. The molecule has 1 N–H and O–H groups in total. The van der Waals surface area contributed by atoms with Gasteiger partial charge in [-0.15, -0.1) is 0 Å². The number of para-hydroxylation sites is 1. The second kappa shape index (κ2) is 5.57. The smallest absolute Gasteiger partial charge is 0.0804 e. The number of nitrogens with one attached hydrogen (secondary N) is 1. The topological polar surface area (TPSA) is 24.9 Å². The van der Waals surface area contributed by atoms with Gasteiger partial charge in [0.15, 0.2) is 0 Å². The van der Waals surface area contributed by atoms with Crippen LogP contribution in [0.2, 0.25) is 0 Å². The summed E-state index contributed by atoms with van der Waals surface area (Å²) >= 11 is 0. The summed E-state index contributed by atoms with van der Waals surface area (Å²) in [6, 6.07) is 16.9. The fourth-order valence-corrected chi connectivity index (χ4v) is 2.76. The minimum absolute atomic E-state index is 0.912. The first-order valence-corrected chi connectivity index (χ1v) is 7.41. The van der Waals surface area contributed by atoms with Crippen molar-refractivity contribution in [3.05, 3.63) is 59.8 Å². The van der Waals surface area contributed by atoms with Crippen LogP contribution in [0.4, 0.5) is 5.69 Å². The average Bonchev–Trinajstić information content (AvgIpc) is 2.52. The van der Waals surface area contributed by atoms with Gasteiger partial charge in [0.2, 0.25) is 0 Å². The van der Waals surface area contributed by atoms with E-state index in [-0.39, 0.29) is 0 Å². The van der Waals surface area contributed by atoms with Crippen LogP contribution in [-0.4, -0.2) is 11.5 Å². The molecule has 2 heteroatoms. The van der Waals surface area contributed by atoms with Crippen molar-refractivity contribution in [2.45, 2.75) is 20.8 Å². The van der Waals surface area contributed by atoms with Gasteiger partial charge in [-0.05, 0) is 31.9 Å². The molecule has 1 heterocycles. The maximum absolute atomic E-state index is 4.85. The monoisotopic (exact) mass is 276 g/mol. The largest absolute Gasteiger partial charge is 0.385 e. The average molecular weight is 276 g/mol. The minimum atomic E-state index is 0.912. The summed E-state index contributed by atoms with van der Waals surface area (Å²) in [5, 5.41) is 4.69. The highest BCUT2D eigenvalue weighted by atomic mass is 14.9. The molecule has 0 aliphatic heterocycles. The highest BCUT2D eigenvalue weighted by Gasteiger charge is 2.12. The molecular formula is C19H20N2. The number of nitrogens with zero attached hydrogens (tertiary/aromatic N) is 1. The van der Waals surface area contributed by atoms with E-state index in [2.05, 4.69) is 68.6 Å². The quantitative estimate of drug-likeness (QED) is 0.732. The number of rotatable bonds is 3. The summed E-state index contributed by atoms with van der Waals surface area (Å²) in [5.74, 6) is 0. The fourth-order valence-electron chi connectivity index (χ4n) is 2.76. The first-order valence-electron chi connectivity index (χ1n) is 7.41. The van der Waals surface area contributed by atoms with Crippen LogP contribution in [0.1, 0.15) is 18.2 Å². The van der Waals surface area contributed by atoms with Crippen molar-refractivity contribution in [3.63, 3.8) is 0 Å². The van der Waals surface area contributed by atoms with Crippen LogP contribution in [0.15, 0.2) is 48.5 Å². The second-order valence-electron chi connectivity index (χ2n) is 5.30. The summed E-state index contributed by atoms with van der Waals surface area (Å²) in [7, 11) is 0. The van der Waals surface area contributed by atoms with E-state index in [1.54, 1.807) is 0 Å². The lowest BCUT2D eigenvalue weighted by molar-refractivity contribution is 1.16. The number of hydrogen-bond donors (Lipinski definition) is 1. The van der Waals surface area contributed by atoms with Crippen molar-refractivity contribution in [1.82, 2.24) is 4.98 Å². The molecule has 3 rings (SSSR count). The molecule has 0 aliphatic rings. The highest BCUT2D eigenvalue weighted by Crippen LogP contribution is 2.33. The van der Waals surface area contributed by atoms with Gasteiger partial charge >= 0.3 is 0 Å². The molecule has 0 atom stereocenters. The molecule has 0 aliphatic carbocycles. The lowest BCUT2D eigenvalue weighted by Crippen LogP contribution is -2.03. The predicted molar refractivity (Wildman–Crippen MR) is 90.8 cm³/mol. The van der Waals surface area contributed by atoms with Gasteiger partial charge in [-0.2, -0.15) is 0 Å². The van der Waals surface area contributed by atoms with Crippen LogP contribution >= 0.6 is 0 Å². The van der Waals surface area contributed by atoms with Crippen molar-refractivity contribution in [1.29, 1.82) is 0 Å². The zero-order valence-electron chi connectivity index (χ0n) is 12.8. The van der Waals surface area contributed by atoms with Gasteiger partial charge in [0, 0.05) is 28.9 Å². The Morgan fingerprint density at radius 1 is 0.952 bits per heavy atom. The van der Waals surface area contributed by atoms with Gasteiger partial charge in [0.1, 0.15) is 0 Å². The zero-order valence-corrected chi connectivity index (χ0v) is 12.8. The summed E-state index contributed by atoms with van der Waals surface area (Å²) in [5.41, 5.74) is 6.99. The lowest BCUT2D eigenvalue weighted by Gasteiger charge is -2.15. The maximum atomic E-state index is 4.85. The molecule has 0 unspecified atom stereocenters. The normalized spacial score (nSPS) is 10.8. The molecule has 106 valence electrons. The van der Waals surface area contributed by atoms with Crippen LogP contribution in [0.3, 0.4) is 0 Å². The maximum Gasteiger partial charge on any atom is 0.0804 e. The van der Waals surface area contributed by atoms with E-state index in [1.165, 1.54) is 27.8 Å². The Hall–Kier alpha value is -2.35. The van der Waals surface area contributed by atoms with E-state index in [0.29, 0.717) is 0 Å². The number of pyridine rings is 1. The Morgan fingerprint density at radius 3 is 2.43 bits per heavy atom. The molecule has 2 nitrogen and oxygen atoms in total. The van der Waals surface area contributed by atoms with Gasteiger partial charge in [0.25, 0.3) is 0 Å². The predicted octanol–water partition coefficient (Wildman–Crippen LogP) is 4.95. The minimum Gasteiger partial charge on any atom is -0.385 e. The molecule has 0 spiro atoms. The van der Waals surface area contributed by atoms with E-state index in [1.807, 2.05) is 6.07 Å². The Balaban J connectivity index is 2.34. The van der Waals surface area contributed by atoms with Crippen LogP contribution in [0, 0.1) is 13.8 Å². The number of hydrogen-bond acceptors (Lipinski definition) is 2. The number of aromatic nitrogens is 1. The van der Waals surface area contributed by atoms with Crippen molar-refractivity contribution in [2.24, 2.45) is 0 Å². The van der Waals surface area contributed by atoms with Crippen LogP contribution in [0.25, 0.3) is 22.0 Å². The molecule has 0 saturated carbocycles. The molecular weight excluding hydrogens is 256 g/mol. The first kappa shape index (κ1) is 13.6. The van der Waals surface area contributed by atoms with Gasteiger partial charge in [0.05, 0.1) is 5.52 Å². The molecule has 0 amide bonds. The Morgan fingerprint density at radius 2 is 1.71 bits per heavy atom. The molecule has 21 heavy (non-hydrogen) atoms. The summed E-state index contributed by atoms with van der Waals surface area (Å²) in [4.78, 5) is 4.85. The van der Waals surface area contributed by atoms with Gasteiger partial charge in [-0.1, -0.05) is 48.5 Å². The van der Waals surface area contributed by atoms with Crippen LogP contribution in [0.5, 0.6) is 0 Å². The third kappa shape index (κ3) is 2.38. The van der Waals surface area contributed by atoms with Crippen molar-refractivity contribution in [3.8, 4) is 11.1 Å². The van der Waals surface area contributed by atoms with Gasteiger partial charge < -0.3 is 5.32 Å². The van der Waals surface area contributed by atoms with E-state index < -0.39 is 0 Å². The van der Waals surface area contributed by atoms with E-state index in [9.17, 15) is 0 Å². The summed E-state index contributed by atoms with van der Waals surface area (Å²) < 4.78 is 0.